The van der Waals surface area contributed by atoms with Crippen molar-refractivity contribution in [3.63, 3.8) is 0 Å². The van der Waals surface area contributed by atoms with Gasteiger partial charge in [-0.25, -0.2) is 0 Å². The first-order valence-corrected chi connectivity index (χ1v) is 2.45. The molecule has 0 nitrogen and oxygen atoms in total. The fourth-order valence-corrected chi connectivity index (χ4v) is 0. The van der Waals surface area contributed by atoms with Crippen molar-refractivity contribution in [2.45, 2.75) is 0 Å². The first-order chi connectivity index (χ1) is 1.41. The normalized spacial score (nSPS) is 3.60. The first kappa shape index (κ1) is 15.9. The zero-order chi connectivity index (χ0) is 2.71. The molecule has 0 atom stereocenters. The van der Waals surface area contributed by atoms with Crippen molar-refractivity contribution in [3.8, 4) is 0 Å². The Bertz CT molecular complexity index is 9.61. The van der Waals surface area contributed by atoms with Gasteiger partial charge in [-0.1, -0.05) is 0 Å². The smallest absolute Gasteiger partial charge is 0 e. The van der Waals surface area contributed by atoms with Crippen LogP contribution in [0.2, 0.25) is 0 Å². The van der Waals surface area contributed by atoms with Crippen LogP contribution in [0.5, 0.6) is 0 Å². The van der Waals surface area contributed by atoms with Crippen LogP contribution < -0.4 is 0 Å². The summed E-state index contributed by atoms with van der Waals surface area (Å²) in [6, 6.07) is 0. The van der Waals surface area contributed by atoms with E-state index in [2.05, 4.69) is 0 Å². The molecule has 0 heterocycles. The van der Waals surface area contributed by atoms with Gasteiger partial charge in [0.2, 0.25) is 0 Å². The minimum atomic E-state index is 0. The van der Waals surface area contributed by atoms with Crippen molar-refractivity contribution in [3.05, 3.63) is 0 Å². The molecule has 0 aromatic carbocycles. The van der Waals surface area contributed by atoms with Crippen LogP contribution in [0.4, 0.5) is 0 Å². The number of thioether (sulfide) groups is 1. The van der Waals surface area contributed by atoms with Crippen molar-refractivity contribution in [1.29, 1.82) is 0 Å². The van der Waals surface area contributed by atoms with E-state index in [1.165, 1.54) is 0 Å². The summed E-state index contributed by atoms with van der Waals surface area (Å²) >= 11 is 1.75. The molecule has 0 rings (SSSR count). The summed E-state index contributed by atoms with van der Waals surface area (Å²) in [4.78, 5) is 0. The molecule has 0 fully saturated rings. The molecule has 0 aromatic heterocycles. The Morgan fingerprint density at radius 2 is 1.20 bits per heavy atom. The third-order valence-electron chi connectivity index (χ3n) is 0. The molecule has 0 aromatic rings. The van der Waals surface area contributed by atoms with E-state index >= 15 is 0 Å². The van der Waals surface area contributed by atoms with Crippen LogP contribution in [0.25, 0.3) is 0 Å². The standard InChI is InChI=1S/C2H6S.Ar.B/c1-3-2;;/h1-2H3;;. The molecule has 0 aliphatic rings. The molecule has 0 N–H and O–H groups in total. The Kier molecular flexibility index (Phi) is 55.2. The topological polar surface area (TPSA) is 0 Å². The summed E-state index contributed by atoms with van der Waals surface area (Å²) in [6.45, 7) is 0. The maximum atomic E-state index is 2.04. The molecule has 0 aliphatic carbocycles. The van der Waals surface area contributed by atoms with Gasteiger partial charge >= 0.3 is 0 Å². The molecular weight excluding hydrogens is 107 g/mol. The van der Waals surface area contributed by atoms with Gasteiger partial charge in [-0.3, -0.25) is 0 Å². The maximum absolute atomic E-state index is 2.04. The molecule has 0 amide bonds. The summed E-state index contributed by atoms with van der Waals surface area (Å²) in [5, 5.41) is 0. The number of rotatable bonds is 0. The molecule has 0 bridgehead atoms. The summed E-state index contributed by atoms with van der Waals surface area (Å²) in [5.41, 5.74) is 0. The van der Waals surface area contributed by atoms with E-state index in [1.807, 2.05) is 12.5 Å². The van der Waals surface area contributed by atoms with Gasteiger partial charge < -0.3 is 0 Å². The molecule has 0 saturated carbocycles. The maximum Gasteiger partial charge on any atom is 0 e. The third-order valence-corrected chi connectivity index (χ3v) is 0. The summed E-state index contributed by atoms with van der Waals surface area (Å²) in [5.74, 6) is 0. The van der Waals surface area contributed by atoms with Crippen LogP contribution in [0.15, 0.2) is 0 Å². The van der Waals surface area contributed by atoms with Crippen LogP contribution >= 0.6 is 11.8 Å². The Hall–Kier alpha value is 1.67. The molecule has 31 valence electrons. The van der Waals surface area contributed by atoms with Crippen LogP contribution in [-0.2, 0) is 0 Å². The van der Waals surface area contributed by atoms with Crippen molar-refractivity contribution in [2.24, 2.45) is 0 Å². The van der Waals surface area contributed by atoms with Gasteiger partial charge in [0.05, 0.1) is 0 Å². The molecule has 0 unspecified atom stereocenters. The van der Waals surface area contributed by atoms with Gasteiger partial charge in [0.15, 0.2) is 0 Å². The minimum absolute atomic E-state index is 0. The molecule has 5 heavy (non-hydrogen) atoms. The third kappa shape index (κ3) is 27.3. The summed E-state index contributed by atoms with van der Waals surface area (Å²) in [7, 11) is 0. The van der Waals surface area contributed by atoms with Crippen molar-refractivity contribution in [2.75, 3.05) is 12.5 Å². The van der Waals surface area contributed by atoms with Gasteiger partial charge in [0.25, 0.3) is 0 Å². The minimum Gasteiger partial charge on any atom is -0.169 e. The SMILES string of the molecule is CSC.[Ar].[B]. The Morgan fingerprint density at radius 3 is 1.20 bits per heavy atom. The Balaban J connectivity index is -0.0000000200. The van der Waals surface area contributed by atoms with Crippen molar-refractivity contribution in [1.82, 2.24) is 0 Å². The van der Waals surface area contributed by atoms with Gasteiger partial charge in [-0.05, 0) is 12.5 Å². The zero-order valence-electron chi connectivity index (χ0n) is 3.34. The van der Waals surface area contributed by atoms with Crippen molar-refractivity contribution < 1.29 is 37.7 Å². The Morgan fingerprint density at radius 1 is 1.20 bits per heavy atom. The van der Waals surface area contributed by atoms with E-state index in [1.54, 1.807) is 11.8 Å². The van der Waals surface area contributed by atoms with E-state index in [0.717, 1.165) is 0 Å². The number of hydrogen-bond donors (Lipinski definition) is 0. The van der Waals surface area contributed by atoms with Gasteiger partial charge in [-0.2, -0.15) is 11.8 Å². The fraction of sp³-hybridized carbons (Fsp3) is 1.00. The fourth-order valence-electron chi connectivity index (χ4n) is 0. The quantitative estimate of drug-likeness (QED) is 0.414. The summed E-state index contributed by atoms with van der Waals surface area (Å²) < 4.78 is 0. The second-order valence-electron chi connectivity index (χ2n) is 0.408. The van der Waals surface area contributed by atoms with E-state index in [4.69, 9.17) is 0 Å². The summed E-state index contributed by atoms with van der Waals surface area (Å²) in [6.07, 6.45) is 4.08. The van der Waals surface area contributed by atoms with Crippen molar-refractivity contribution >= 4 is 20.2 Å². The van der Waals surface area contributed by atoms with Crippen LogP contribution in [-0.4, -0.2) is 20.9 Å². The predicted octanol–water partition coefficient (Wildman–Crippen LogP) is 0.598. The molecule has 0 saturated heterocycles. The molecular formula is C2H6ArBS. The molecule has 3 radical (unpaired) electrons. The second-order valence-corrected chi connectivity index (χ2v) is 1.22. The van der Waals surface area contributed by atoms with Crippen LogP contribution in [0, 0.1) is 37.7 Å². The predicted molar refractivity (Wildman–Crippen MR) is 25.2 cm³/mol. The van der Waals surface area contributed by atoms with E-state index in [0.29, 0.717) is 0 Å². The van der Waals surface area contributed by atoms with E-state index in [-0.39, 0.29) is 46.2 Å². The van der Waals surface area contributed by atoms with Gasteiger partial charge in [0, 0.05) is 46.2 Å². The van der Waals surface area contributed by atoms with E-state index in [9.17, 15) is 0 Å². The first-order valence-electron chi connectivity index (χ1n) is 0.816. The average Bonchev–Trinajstić information content (AvgIpc) is 0.918. The van der Waals surface area contributed by atoms with Crippen LogP contribution in [0.3, 0.4) is 0 Å². The van der Waals surface area contributed by atoms with Gasteiger partial charge in [-0.15, -0.1) is 0 Å². The average molecular weight is 113 g/mol. The van der Waals surface area contributed by atoms with Gasteiger partial charge in [0.1, 0.15) is 0 Å². The second kappa shape index (κ2) is 17.3. The monoisotopic (exact) mass is 113 g/mol. The molecule has 0 aliphatic heterocycles. The molecule has 0 spiro atoms. The van der Waals surface area contributed by atoms with Crippen LogP contribution in [0.1, 0.15) is 0 Å². The molecule has 3 heteroatoms. The van der Waals surface area contributed by atoms with E-state index < -0.39 is 0 Å². The Labute approximate surface area is 69.7 Å². The largest absolute Gasteiger partial charge is 0.169 e. The zero-order valence-corrected chi connectivity index (χ0v) is 4.86. The number of hydrogen-bond acceptors (Lipinski definition) is 1.